The normalized spacial score (nSPS) is 10.6. The molecule has 2 aromatic rings. The van der Waals surface area contributed by atoms with Gasteiger partial charge in [0.25, 0.3) is 0 Å². The number of pyridine rings is 1. The summed E-state index contributed by atoms with van der Waals surface area (Å²) in [6.07, 6.45) is 2.68. The molecule has 0 atom stereocenters. The first-order valence-corrected chi connectivity index (χ1v) is 5.20. The van der Waals surface area contributed by atoms with Crippen molar-refractivity contribution in [2.75, 3.05) is 0 Å². The average Bonchev–Trinajstić information content (AvgIpc) is 2.32. The number of hydrogen-bond donors (Lipinski definition) is 1. The van der Waals surface area contributed by atoms with Crippen LogP contribution < -0.4 is 0 Å². The van der Waals surface area contributed by atoms with Crippen molar-refractivity contribution < 1.29 is 13.9 Å². The Bertz CT molecular complexity index is 560. The Morgan fingerprint density at radius 3 is 2.65 bits per heavy atom. The summed E-state index contributed by atoms with van der Waals surface area (Å²) in [5.74, 6) is -1.93. The molecule has 1 aromatic carbocycles. The fraction of sp³-hybridized carbons (Fsp3) is 0.0833. The van der Waals surface area contributed by atoms with E-state index in [0.29, 0.717) is 5.56 Å². The van der Waals surface area contributed by atoms with Crippen LogP contribution in [0.4, 0.5) is 8.78 Å². The molecule has 0 aliphatic rings. The molecule has 0 saturated heterocycles. The molecule has 0 unspecified atom stereocenters. The topological polar surface area (TPSA) is 33.1 Å². The summed E-state index contributed by atoms with van der Waals surface area (Å²) < 4.78 is 26.7. The third-order valence-corrected chi connectivity index (χ3v) is 2.73. The van der Waals surface area contributed by atoms with Gasteiger partial charge in [0.05, 0.1) is 11.6 Å². The molecule has 88 valence electrons. The van der Waals surface area contributed by atoms with E-state index in [1.165, 1.54) is 24.5 Å². The summed E-state index contributed by atoms with van der Waals surface area (Å²) in [5, 5.41) is 9.41. The zero-order valence-electron chi connectivity index (χ0n) is 8.62. The number of rotatable bonds is 2. The van der Waals surface area contributed by atoms with E-state index in [1.54, 1.807) is 0 Å². The smallest absolute Gasteiger partial charge is 0.166 e. The van der Waals surface area contributed by atoms with Gasteiger partial charge in [-0.1, -0.05) is 23.7 Å². The van der Waals surface area contributed by atoms with Crippen molar-refractivity contribution in [3.63, 3.8) is 0 Å². The number of aliphatic hydroxyl groups excluding tert-OH is 1. The number of aliphatic hydroxyl groups is 1. The Morgan fingerprint density at radius 2 is 1.94 bits per heavy atom. The molecule has 17 heavy (non-hydrogen) atoms. The minimum absolute atomic E-state index is 0.0315. The molecule has 5 heteroatoms. The second-order valence-electron chi connectivity index (χ2n) is 3.41. The summed E-state index contributed by atoms with van der Waals surface area (Å²) in [6.45, 7) is -0.368. The van der Waals surface area contributed by atoms with Crippen molar-refractivity contribution >= 4 is 11.6 Å². The number of benzene rings is 1. The summed E-state index contributed by atoms with van der Waals surface area (Å²) in [4.78, 5) is 3.81. The zero-order valence-corrected chi connectivity index (χ0v) is 9.38. The molecule has 0 aliphatic carbocycles. The molecular formula is C12H8ClF2NO. The van der Waals surface area contributed by atoms with Gasteiger partial charge in [-0.15, -0.1) is 0 Å². The monoisotopic (exact) mass is 255 g/mol. The Labute approximate surface area is 102 Å². The van der Waals surface area contributed by atoms with E-state index in [4.69, 9.17) is 11.6 Å². The standard InChI is InChI=1S/C12H8ClF2NO/c13-10-5-16-4-8(9(10)6-17)7-2-1-3-11(14)12(7)15/h1-5,17H,6H2. The predicted octanol–water partition coefficient (Wildman–Crippen LogP) is 3.17. The van der Waals surface area contributed by atoms with Crippen LogP contribution in [0, 0.1) is 11.6 Å². The van der Waals surface area contributed by atoms with Crippen LogP contribution in [0.3, 0.4) is 0 Å². The highest BCUT2D eigenvalue weighted by Gasteiger charge is 2.14. The molecule has 0 spiro atoms. The first-order valence-electron chi connectivity index (χ1n) is 4.82. The first kappa shape index (κ1) is 12.0. The minimum atomic E-state index is -0.980. The highest BCUT2D eigenvalue weighted by Crippen LogP contribution is 2.30. The second-order valence-corrected chi connectivity index (χ2v) is 3.81. The Hall–Kier alpha value is -1.52. The highest BCUT2D eigenvalue weighted by atomic mass is 35.5. The Balaban J connectivity index is 2.68. The van der Waals surface area contributed by atoms with Gasteiger partial charge in [0, 0.05) is 29.1 Å². The quantitative estimate of drug-likeness (QED) is 0.894. The van der Waals surface area contributed by atoms with Crippen molar-refractivity contribution in [1.82, 2.24) is 4.98 Å². The maximum atomic E-state index is 13.6. The second kappa shape index (κ2) is 4.77. The van der Waals surface area contributed by atoms with Crippen molar-refractivity contribution in [2.24, 2.45) is 0 Å². The van der Waals surface area contributed by atoms with Gasteiger partial charge in [0.1, 0.15) is 0 Å². The molecule has 2 rings (SSSR count). The summed E-state index contributed by atoms with van der Waals surface area (Å²) in [5.41, 5.74) is 0.646. The average molecular weight is 256 g/mol. The van der Waals surface area contributed by atoms with Gasteiger partial charge >= 0.3 is 0 Å². The summed E-state index contributed by atoms with van der Waals surface area (Å²) in [7, 11) is 0. The predicted molar refractivity (Wildman–Crippen MR) is 60.5 cm³/mol. The van der Waals surface area contributed by atoms with Crippen molar-refractivity contribution in [2.45, 2.75) is 6.61 Å². The number of aromatic nitrogens is 1. The summed E-state index contributed by atoms with van der Waals surface area (Å²) in [6, 6.07) is 3.82. The molecule has 2 nitrogen and oxygen atoms in total. The maximum Gasteiger partial charge on any atom is 0.166 e. The lowest BCUT2D eigenvalue weighted by atomic mass is 10.0. The number of halogens is 3. The van der Waals surface area contributed by atoms with Gasteiger partial charge in [-0.25, -0.2) is 8.78 Å². The molecular weight excluding hydrogens is 248 g/mol. The first-order chi connectivity index (χ1) is 8.15. The molecule has 0 bridgehead atoms. The van der Waals surface area contributed by atoms with Crippen LogP contribution in [0.15, 0.2) is 30.6 Å². The molecule has 0 amide bonds. The fourth-order valence-corrected chi connectivity index (χ4v) is 1.78. The van der Waals surface area contributed by atoms with Crippen molar-refractivity contribution in [1.29, 1.82) is 0 Å². The third-order valence-electron chi connectivity index (χ3n) is 2.40. The van der Waals surface area contributed by atoms with Crippen LogP contribution in [-0.2, 0) is 6.61 Å². The van der Waals surface area contributed by atoms with E-state index < -0.39 is 11.6 Å². The van der Waals surface area contributed by atoms with Crippen LogP contribution >= 0.6 is 11.6 Å². The van der Waals surface area contributed by atoms with Gasteiger partial charge in [-0.2, -0.15) is 0 Å². The van der Waals surface area contributed by atoms with Crippen molar-refractivity contribution in [3.8, 4) is 11.1 Å². The SMILES string of the molecule is OCc1c(Cl)cncc1-c1cccc(F)c1F. The van der Waals surface area contributed by atoms with Crippen LogP contribution in [0.25, 0.3) is 11.1 Å². The fourth-order valence-electron chi connectivity index (χ4n) is 1.57. The summed E-state index contributed by atoms with van der Waals surface area (Å²) >= 11 is 5.83. The highest BCUT2D eigenvalue weighted by molar-refractivity contribution is 6.31. The lowest BCUT2D eigenvalue weighted by Crippen LogP contribution is -1.96. The zero-order chi connectivity index (χ0) is 12.4. The lowest BCUT2D eigenvalue weighted by Gasteiger charge is -2.09. The molecule has 1 heterocycles. The van der Waals surface area contributed by atoms with Gasteiger partial charge < -0.3 is 5.11 Å². The van der Waals surface area contributed by atoms with Crippen LogP contribution in [0.1, 0.15) is 5.56 Å². The number of hydrogen-bond acceptors (Lipinski definition) is 2. The molecule has 0 radical (unpaired) electrons. The van der Waals surface area contributed by atoms with E-state index in [9.17, 15) is 13.9 Å². The van der Waals surface area contributed by atoms with E-state index in [-0.39, 0.29) is 22.8 Å². The lowest BCUT2D eigenvalue weighted by molar-refractivity contribution is 0.282. The van der Waals surface area contributed by atoms with E-state index in [2.05, 4.69) is 4.98 Å². The van der Waals surface area contributed by atoms with Crippen molar-refractivity contribution in [3.05, 3.63) is 52.8 Å². The third kappa shape index (κ3) is 2.14. The van der Waals surface area contributed by atoms with Crippen LogP contribution in [0.2, 0.25) is 5.02 Å². The van der Waals surface area contributed by atoms with E-state index >= 15 is 0 Å². The Morgan fingerprint density at radius 1 is 1.18 bits per heavy atom. The van der Waals surface area contributed by atoms with E-state index in [0.717, 1.165) is 6.07 Å². The van der Waals surface area contributed by atoms with Crippen LogP contribution in [0.5, 0.6) is 0 Å². The van der Waals surface area contributed by atoms with Gasteiger partial charge in [0.15, 0.2) is 11.6 Å². The molecule has 0 saturated carbocycles. The maximum absolute atomic E-state index is 13.6. The van der Waals surface area contributed by atoms with Gasteiger partial charge in [0.2, 0.25) is 0 Å². The minimum Gasteiger partial charge on any atom is -0.392 e. The van der Waals surface area contributed by atoms with E-state index in [1.807, 2.05) is 0 Å². The largest absolute Gasteiger partial charge is 0.392 e. The molecule has 1 aromatic heterocycles. The molecule has 0 aliphatic heterocycles. The van der Waals surface area contributed by atoms with Gasteiger partial charge in [-0.3, -0.25) is 4.98 Å². The molecule has 1 N–H and O–H groups in total. The Kier molecular flexibility index (Phi) is 3.36. The number of nitrogens with zero attached hydrogens (tertiary/aromatic N) is 1. The van der Waals surface area contributed by atoms with Gasteiger partial charge in [-0.05, 0) is 6.07 Å². The molecule has 0 fully saturated rings. The van der Waals surface area contributed by atoms with Crippen LogP contribution in [-0.4, -0.2) is 10.1 Å².